The maximum atomic E-state index is 12.6. The lowest BCUT2D eigenvalue weighted by Crippen LogP contribution is -2.46. The van der Waals surface area contributed by atoms with E-state index >= 15 is 0 Å². The van der Waals surface area contributed by atoms with Crippen LogP contribution >= 0.6 is 0 Å². The SMILES string of the molecule is COC[C@H]1N(c2cccc(-c3cccc(C)c3OCc3cnc4c(c3)CCN(C(=O)OC(C)(C)C)CC4)n2)CC[C@@]1(C)C(=O)O. The van der Waals surface area contributed by atoms with E-state index in [1.54, 1.807) is 18.9 Å². The third kappa shape index (κ3) is 7.06. The highest BCUT2D eigenvalue weighted by Crippen LogP contribution is 2.40. The maximum absolute atomic E-state index is 12.6. The summed E-state index contributed by atoms with van der Waals surface area (Å²) in [5, 5.41) is 9.99. The number of carboxylic acids is 1. The van der Waals surface area contributed by atoms with Gasteiger partial charge in [-0.15, -0.1) is 0 Å². The number of hydrogen-bond acceptors (Lipinski definition) is 8. The molecule has 10 heteroatoms. The zero-order chi connectivity index (χ0) is 32.4. The molecule has 2 aromatic heterocycles. The molecule has 0 radical (unpaired) electrons. The van der Waals surface area contributed by atoms with E-state index in [1.165, 1.54) is 0 Å². The molecule has 0 spiro atoms. The summed E-state index contributed by atoms with van der Waals surface area (Å²) in [5.41, 5.74) is 4.18. The Labute approximate surface area is 265 Å². The fourth-order valence-corrected chi connectivity index (χ4v) is 6.13. The molecule has 0 bridgehead atoms. The topological polar surface area (TPSA) is 114 Å². The Morgan fingerprint density at radius 3 is 2.58 bits per heavy atom. The standard InChI is InChI=1S/C35H44N4O6/c1-23-9-7-10-26(28-11-8-12-30(37-28)39-18-15-35(5,32(40)41)29(39)22-43-6)31(23)44-21-24-19-25-13-16-38(17-14-27(25)36-20-24)33(42)45-34(2,3)4/h7-12,19-20,29H,13-18,21-22H2,1-6H3,(H,40,41)/t29-,35-/m1/s1. The van der Waals surface area contributed by atoms with Crippen LogP contribution in [-0.4, -0.2) is 77.0 Å². The van der Waals surface area contributed by atoms with Gasteiger partial charge in [-0.1, -0.05) is 18.2 Å². The number of aromatic nitrogens is 2. The average Bonchev–Trinajstić information content (AvgIpc) is 3.18. The predicted octanol–water partition coefficient (Wildman–Crippen LogP) is 5.68. The first-order valence-electron chi connectivity index (χ1n) is 15.5. The van der Waals surface area contributed by atoms with Crippen LogP contribution in [0.25, 0.3) is 11.3 Å². The van der Waals surface area contributed by atoms with Gasteiger partial charge in [-0.25, -0.2) is 9.78 Å². The van der Waals surface area contributed by atoms with E-state index < -0.39 is 17.0 Å². The first-order chi connectivity index (χ1) is 21.4. The Bertz CT molecular complexity index is 1550. The predicted molar refractivity (Wildman–Crippen MR) is 172 cm³/mol. The van der Waals surface area contributed by atoms with Crippen LogP contribution in [-0.2, 0) is 33.7 Å². The van der Waals surface area contributed by atoms with E-state index in [0.717, 1.165) is 39.4 Å². The van der Waals surface area contributed by atoms with Gasteiger partial charge < -0.3 is 29.1 Å². The van der Waals surface area contributed by atoms with Crippen LogP contribution in [0.3, 0.4) is 0 Å². The second kappa shape index (κ2) is 13.0. The number of nitrogens with zero attached hydrogens (tertiary/aromatic N) is 4. The molecular weight excluding hydrogens is 572 g/mol. The van der Waals surface area contributed by atoms with E-state index in [2.05, 4.69) is 6.07 Å². The fraction of sp³-hybridized carbons (Fsp3) is 0.486. The summed E-state index contributed by atoms with van der Waals surface area (Å²) in [7, 11) is 1.59. The molecule has 1 aromatic carbocycles. The molecule has 0 aliphatic carbocycles. The Hall–Kier alpha value is -4.18. The van der Waals surface area contributed by atoms with Gasteiger partial charge in [-0.05, 0) is 82.9 Å². The lowest BCUT2D eigenvalue weighted by atomic mass is 9.83. The minimum absolute atomic E-state index is 0.293. The summed E-state index contributed by atoms with van der Waals surface area (Å²) < 4.78 is 17.5. The minimum atomic E-state index is -0.929. The molecule has 45 heavy (non-hydrogen) atoms. The first-order valence-corrected chi connectivity index (χ1v) is 15.5. The number of ether oxygens (including phenoxy) is 3. The monoisotopic (exact) mass is 616 g/mol. The van der Waals surface area contributed by atoms with Gasteiger partial charge in [0.05, 0.1) is 23.8 Å². The molecule has 2 aliphatic rings. The van der Waals surface area contributed by atoms with Crippen LogP contribution in [0, 0.1) is 12.3 Å². The summed E-state index contributed by atoms with van der Waals surface area (Å²) in [6.45, 7) is 11.8. The normalized spacial score (nSPS) is 20.0. The molecule has 0 saturated carbocycles. The number of carbonyl (C=O) groups is 2. The molecule has 3 aromatic rings. The number of carbonyl (C=O) groups excluding carboxylic acids is 1. The second-order valence-electron chi connectivity index (χ2n) is 13.2. The highest BCUT2D eigenvalue weighted by atomic mass is 16.6. The number of hydrogen-bond donors (Lipinski definition) is 1. The number of rotatable bonds is 8. The molecular formula is C35H44N4O6. The zero-order valence-corrected chi connectivity index (χ0v) is 27.1. The molecule has 1 N–H and O–H groups in total. The van der Waals surface area contributed by atoms with Crippen LogP contribution in [0.1, 0.15) is 56.5 Å². The van der Waals surface area contributed by atoms with Crippen molar-refractivity contribution in [1.29, 1.82) is 0 Å². The van der Waals surface area contributed by atoms with Crippen molar-refractivity contribution in [1.82, 2.24) is 14.9 Å². The van der Waals surface area contributed by atoms with Gasteiger partial charge in [0.15, 0.2) is 0 Å². The molecule has 1 fully saturated rings. The third-order valence-electron chi connectivity index (χ3n) is 8.73. The number of benzene rings is 1. The van der Waals surface area contributed by atoms with Gasteiger partial charge in [-0.2, -0.15) is 0 Å². The molecule has 1 amide bonds. The van der Waals surface area contributed by atoms with E-state index in [4.69, 9.17) is 24.2 Å². The van der Waals surface area contributed by atoms with E-state index in [-0.39, 0.29) is 12.1 Å². The van der Waals surface area contributed by atoms with Crippen molar-refractivity contribution in [2.45, 2.75) is 72.1 Å². The zero-order valence-electron chi connectivity index (χ0n) is 27.1. The number of aliphatic carboxylic acids is 1. The summed E-state index contributed by atoms with van der Waals surface area (Å²) in [5.74, 6) is 0.617. The molecule has 4 heterocycles. The Morgan fingerprint density at radius 1 is 1.09 bits per heavy atom. The van der Waals surface area contributed by atoms with E-state index in [1.807, 2.05) is 75.2 Å². The van der Waals surface area contributed by atoms with Crippen molar-refractivity contribution in [3.8, 4) is 17.0 Å². The van der Waals surface area contributed by atoms with Crippen molar-refractivity contribution in [3.05, 3.63) is 71.0 Å². The van der Waals surface area contributed by atoms with Crippen molar-refractivity contribution >= 4 is 17.9 Å². The summed E-state index contributed by atoms with van der Waals surface area (Å²) in [4.78, 5) is 38.4. The Kier molecular flexibility index (Phi) is 9.34. The molecule has 5 rings (SSSR count). The quantitative estimate of drug-likeness (QED) is 0.341. The Morgan fingerprint density at radius 2 is 1.84 bits per heavy atom. The number of amides is 1. The Balaban J connectivity index is 1.33. The number of methoxy groups -OCH3 is 1. The number of pyridine rings is 2. The molecule has 1 saturated heterocycles. The van der Waals surface area contributed by atoms with Crippen LogP contribution in [0.4, 0.5) is 10.6 Å². The third-order valence-corrected chi connectivity index (χ3v) is 8.73. The summed E-state index contributed by atoms with van der Waals surface area (Å²) >= 11 is 0. The number of anilines is 1. The van der Waals surface area contributed by atoms with Gasteiger partial charge in [-0.3, -0.25) is 9.78 Å². The molecule has 240 valence electrons. The van der Waals surface area contributed by atoms with Crippen molar-refractivity contribution in [3.63, 3.8) is 0 Å². The highest BCUT2D eigenvalue weighted by Gasteiger charge is 2.50. The van der Waals surface area contributed by atoms with E-state index in [0.29, 0.717) is 57.9 Å². The van der Waals surface area contributed by atoms with Gasteiger partial charge >= 0.3 is 12.1 Å². The minimum Gasteiger partial charge on any atom is -0.488 e. The highest BCUT2D eigenvalue weighted by molar-refractivity contribution is 5.77. The maximum Gasteiger partial charge on any atom is 0.410 e. The average molecular weight is 617 g/mol. The first kappa shape index (κ1) is 32.2. The molecule has 10 nitrogen and oxygen atoms in total. The summed E-state index contributed by atoms with van der Waals surface area (Å²) in [6, 6.07) is 13.6. The van der Waals surface area contributed by atoms with Crippen LogP contribution in [0.5, 0.6) is 5.75 Å². The second-order valence-corrected chi connectivity index (χ2v) is 13.2. The smallest absolute Gasteiger partial charge is 0.410 e. The van der Waals surface area contributed by atoms with Crippen molar-refractivity contribution < 1.29 is 28.9 Å². The number of fused-ring (bicyclic) bond motifs is 1. The number of aryl methyl sites for hydroxylation is 1. The summed E-state index contributed by atoms with van der Waals surface area (Å²) in [6.07, 6.45) is 3.44. The van der Waals surface area contributed by atoms with Gasteiger partial charge in [0.25, 0.3) is 0 Å². The molecule has 2 atom stereocenters. The van der Waals surface area contributed by atoms with E-state index in [9.17, 15) is 14.7 Å². The molecule has 2 aliphatic heterocycles. The van der Waals surface area contributed by atoms with Crippen LogP contribution in [0.15, 0.2) is 48.7 Å². The lowest BCUT2D eigenvalue weighted by molar-refractivity contribution is -0.148. The largest absolute Gasteiger partial charge is 0.488 e. The van der Waals surface area contributed by atoms with Crippen molar-refractivity contribution in [2.24, 2.45) is 5.41 Å². The number of carboxylic acid groups (broad SMARTS) is 1. The van der Waals surface area contributed by atoms with Crippen LogP contribution in [0.2, 0.25) is 0 Å². The fourth-order valence-electron chi connectivity index (χ4n) is 6.13. The lowest BCUT2D eigenvalue weighted by Gasteiger charge is -2.32. The molecule has 0 unspecified atom stereocenters. The van der Waals surface area contributed by atoms with Gasteiger partial charge in [0, 0.05) is 56.2 Å². The van der Waals surface area contributed by atoms with Gasteiger partial charge in [0.1, 0.15) is 23.8 Å². The van der Waals surface area contributed by atoms with Crippen molar-refractivity contribution in [2.75, 3.05) is 38.3 Å². The van der Waals surface area contributed by atoms with Gasteiger partial charge in [0.2, 0.25) is 0 Å². The van der Waals surface area contributed by atoms with Crippen LogP contribution < -0.4 is 9.64 Å². The number of para-hydroxylation sites is 1.